The van der Waals surface area contributed by atoms with Crippen LogP contribution >= 0.6 is 31.6 Å². The lowest BCUT2D eigenvalue weighted by atomic mass is 9.96. The molecular formula is C24H33ClN3O9PS. The first-order valence-corrected chi connectivity index (χ1v) is 14.4. The van der Waals surface area contributed by atoms with Crippen molar-refractivity contribution in [1.29, 1.82) is 0 Å². The van der Waals surface area contributed by atoms with Crippen LogP contribution in [0.25, 0.3) is 0 Å². The summed E-state index contributed by atoms with van der Waals surface area (Å²) in [6.07, 6.45) is -2.61. The number of aliphatic hydroxyl groups is 2. The standard InChI is InChI=1S/C24H33ClN3O9PS/c1-14(20(31)34-13-23(2,3)4)27-38(33,37-16-8-6-15(25)7-9-16)35-12-17-19(30)24(5,32)21(36-17)28-11-10-18(29)26-22(28)39/h6-11,14,17,19,21,30,32H,12-13H2,1-5H3,(H,27,33)(H,26,29,39)/t14-,17+,19-,21+,24?,38+/m0/s1. The molecule has 1 aliphatic rings. The van der Waals surface area contributed by atoms with Crippen LogP contribution in [0.1, 0.15) is 40.8 Å². The Morgan fingerprint density at radius 1 is 1.33 bits per heavy atom. The van der Waals surface area contributed by atoms with Gasteiger partial charge in [0.15, 0.2) is 11.0 Å². The Labute approximate surface area is 235 Å². The van der Waals surface area contributed by atoms with E-state index in [2.05, 4.69) is 10.1 Å². The van der Waals surface area contributed by atoms with Crippen LogP contribution in [-0.2, 0) is 23.4 Å². The van der Waals surface area contributed by atoms with E-state index in [0.29, 0.717) is 5.02 Å². The summed E-state index contributed by atoms with van der Waals surface area (Å²) in [6, 6.07) is 6.03. The third-order valence-corrected chi connectivity index (χ3v) is 7.87. The van der Waals surface area contributed by atoms with Gasteiger partial charge in [-0.1, -0.05) is 32.4 Å². The van der Waals surface area contributed by atoms with E-state index in [-0.39, 0.29) is 22.5 Å². The number of ether oxygens (including phenoxy) is 2. The molecule has 15 heteroatoms. The minimum Gasteiger partial charge on any atom is -0.464 e. The minimum absolute atomic E-state index is 0.0393. The number of nitrogens with zero attached hydrogens (tertiary/aromatic N) is 1. The Kier molecular flexibility index (Phi) is 9.83. The zero-order valence-corrected chi connectivity index (χ0v) is 24.6. The molecule has 0 radical (unpaired) electrons. The van der Waals surface area contributed by atoms with Gasteiger partial charge in [0.05, 0.1) is 13.2 Å². The third-order valence-electron chi connectivity index (χ3n) is 5.66. The smallest absolute Gasteiger partial charge is 0.459 e. The van der Waals surface area contributed by atoms with E-state index in [4.69, 9.17) is 42.3 Å². The van der Waals surface area contributed by atoms with E-state index in [9.17, 15) is 24.4 Å². The van der Waals surface area contributed by atoms with Gasteiger partial charge in [-0.3, -0.25) is 23.7 Å². The number of rotatable bonds is 10. The van der Waals surface area contributed by atoms with Gasteiger partial charge in [0.25, 0.3) is 5.56 Å². The maximum absolute atomic E-state index is 13.8. The summed E-state index contributed by atoms with van der Waals surface area (Å²) >= 11 is 11.1. The number of carbonyl (C=O) groups excluding carboxylic acids is 1. The van der Waals surface area contributed by atoms with E-state index in [1.807, 2.05) is 20.8 Å². The number of aromatic amines is 1. The van der Waals surface area contributed by atoms with Crippen molar-refractivity contribution < 1.29 is 38.1 Å². The molecule has 0 spiro atoms. The first-order valence-electron chi connectivity index (χ1n) is 12.0. The average Bonchev–Trinajstić information content (AvgIpc) is 3.05. The van der Waals surface area contributed by atoms with Gasteiger partial charge in [-0.05, 0) is 55.7 Å². The molecule has 3 rings (SSSR count). The number of hydrogen-bond donors (Lipinski definition) is 4. The molecule has 1 saturated heterocycles. The van der Waals surface area contributed by atoms with E-state index in [0.717, 1.165) is 0 Å². The van der Waals surface area contributed by atoms with E-state index < -0.39 is 56.0 Å². The molecule has 0 bridgehead atoms. The molecule has 1 aliphatic heterocycles. The highest BCUT2D eigenvalue weighted by Gasteiger charge is 2.53. The van der Waals surface area contributed by atoms with E-state index >= 15 is 0 Å². The molecule has 1 unspecified atom stereocenters. The molecule has 216 valence electrons. The molecule has 0 amide bonds. The lowest BCUT2D eigenvalue weighted by Crippen LogP contribution is -2.45. The van der Waals surface area contributed by atoms with Crippen molar-refractivity contribution >= 4 is 37.5 Å². The van der Waals surface area contributed by atoms with Crippen molar-refractivity contribution in [3.8, 4) is 5.75 Å². The quantitative estimate of drug-likeness (QED) is 0.179. The van der Waals surface area contributed by atoms with Crippen LogP contribution < -0.4 is 15.2 Å². The average molecular weight is 606 g/mol. The Balaban J connectivity index is 1.79. The first-order chi connectivity index (χ1) is 18.0. The SMILES string of the molecule is C[C@H](N[P@@](=O)(OC[C@H]1O[C@@H](n2ccc(=O)[nH]c2=S)C(C)(O)[C@H]1O)Oc1ccc(Cl)cc1)C(=O)OCC(C)(C)C. The van der Waals surface area contributed by atoms with Crippen LogP contribution in [0.15, 0.2) is 41.3 Å². The molecule has 6 atom stereocenters. The van der Waals surface area contributed by atoms with Crippen LogP contribution in [0.4, 0.5) is 0 Å². The van der Waals surface area contributed by atoms with Crippen LogP contribution in [-0.4, -0.2) is 62.8 Å². The minimum atomic E-state index is -4.30. The third kappa shape index (κ3) is 8.21. The fourth-order valence-corrected chi connectivity index (χ4v) is 5.47. The van der Waals surface area contributed by atoms with Gasteiger partial charge < -0.3 is 24.2 Å². The molecule has 4 N–H and O–H groups in total. The lowest BCUT2D eigenvalue weighted by molar-refractivity contribution is -0.148. The number of nitrogens with one attached hydrogen (secondary N) is 2. The van der Waals surface area contributed by atoms with E-state index in [1.165, 1.54) is 54.9 Å². The Morgan fingerprint density at radius 2 is 1.97 bits per heavy atom. The summed E-state index contributed by atoms with van der Waals surface area (Å²) in [4.78, 5) is 26.5. The number of carbonyl (C=O) groups is 1. The summed E-state index contributed by atoms with van der Waals surface area (Å²) in [5.41, 5.74) is -2.60. The van der Waals surface area contributed by atoms with Gasteiger partial charge in [-0.25, -0.2) is 4.57 Å². The van der Waals surface area contributed by atoms with Crippen LogP contribution in [0.5, 0.6) is 5.75 Å². The Morgan fingerprint density at radius 3 is 2.56 bits per heavy atom. The molecule has 1 aromatic heterocycles. The summed E-state index contributed by atoms with van der Waals surface area (Å²) < 4.78 is 37.4. The fourth-order valence-electron chi connectivity index (χ4n) is 3.59. The highest BCUT2D eigenvalue weighted by molar-refractivity contribution is 7.71. The molecule has 1 fully saturated rings. The molecular weight excluding hydrogens is 573 g/mol. The predicted octanol–water partition coefficient (Wildman–Crippen LogP) is 3.34. The Bertz CT molecular complexity index is 1330. The Hall–Kier alpha value is -2.09. The topological polar surface area (TPSA) is 161 Å². The predicted molar refractivity (Wildman–Crippen MR) is 145 cm³/mol. The van der Waals surface area contributed by atoms with Crippen molar-refractivity contribution in [1.82, 2.24) is 14.6 Å². The summed E-state index contributed by atoms with van der Waals surface area (Å²) in [7, 11) is -4.30. The number of hydrogen-bond acceptors (Lipinski definition) is 10. The number of halogens is 1. The monoisotopic (exact) mass is 605 g/mol. The van der Waals surface area contributed by atoms with Gasteiger partial charge in [-0.2, -0.15) is 5.09 Å². The summed E-state index contributed by atoms with van der Waals surface area (Å²) in [6.45, 7) is 8.05. The number of aliphatic hydroxyl groups excluding tert-OH is 1. The second-order valence-corrected chi connectivity index (χ2v) is 13.1. The van der Waals surface area contributed by atoms with E-state index in [1.54, 1.807) is 0 Å². The summed E-state index contributed by atoms with van der Waals surface area (Å²) in [5.74, 6) is -0.552. The molecule has 39 heavy (non-hydrogen) atoms. The molecule has 1 aromatic carbocycles. The summed E-state index contributed by atoms with van der Waals surface area (Å²) in [5, 5.41) is 24.8. The van der Waals surface area contributed by atoms with Crippen molar-refractivity contribution in [2.45, 2.75) is 64.7 Å². The second-order valence-electron chi connectivity index (χ2n) is 10.6. The number of H-pyrrole nitrogens is 1. The maximum atomic E-state index is 13.8. The molecule has 0 saturated carbocycles. The largest absolute Gasteiger partial charge is 0.464 e. The van der Waals surface area contributed by atoms with Crippen molar-refractivity contribution in [3.63, 3.8) is 0 Å². The molecule has 2 heterocycles. The molecule has 0 aliphatic carbocycles. The maximum Gasteiger partial charge on any atom is 0.459 e. The normalized spacial score (nSPS) is 25.6. The highest BCUT2D eigenvalue weighted by atomic mass is 35.5. The highest BCUT2D eigenvalue weighted by Crippen LogP contribution is 2.47. The second kappa shape index (κ2) is 12.2. The zero-order valence-electron chi connectivity index (χ0n) is 22.1. The van der Waals surface area contributed by atoms with Crippen LogP contribution in [0.3, 0.4) is 0 Å². The zero-order chi connectivity index (χ0) is 29.2. The van der Waals surface area contributed by atoms with Gasteiger partial charge in [-0.15, -0.1) is 0 Å². The van der Waals surface area contributed by atoms with Crippen molar-refractivity contribution in [2.75, 3.05) is 13.2 Å². The first kappa shape index (κ1) is 31.4. The van der Waals surface area contributed by atoms with Gasteiger partial charge in [0.1, 0.15) is 29.6 Å². The molecule has 12 nitrogen and oxygen atoms in total. The molecule has 2 aromatic rings. The van der Waals surface area contributed by atoms with Crippen LogP contribution in [0.2, 0.25) is 5.02 Å². The van der Waals surface area contributed by atoms with Crippen LogP contribution in [0, 0.1) is 10.2 Å². The number of esters is 1. The van der Waals surface area contributed by atoms with Gasteiger partial charge in [0.2, 0.25) is 0 Å². The van der Waals surface area contributed by atoms with Crippen molar-refractivity contribution in [2.24, 2.45) is 5.41 Å². The number of aromatic nitrogens is 2. The lowest BCUT2D eigenvalue weighted by Gasteiger charge is -2.28. The van der Waals surface area contributed by atoms with Gasteiger partial charge in [0, 0.05) is 17.3 Å². The van der Waals surface area contributed by atoms with Gasteiger partial charge >= 0.3 is 13.7 Å². The fraction of sp³-hybridized carbons (Fsp3) is 0.542. The number of benzene rings is 1. The van der Waals surface area contributed by atoms with Crippen molar-refractivity contribution in [3.05, 3.63) is 56.7 Å².